The predicted octanol–water partition coefficient (Wildman–Crippen LogP) is 4.04. The van der Waals surface area contributed by atoms with Gasteiger partial charge in [0.15, 0.2) is 0 Å². The van der Waals surface area contributed by atoms with Crippen molar-refractivity contribution in [3.63, 3.8) is 0 Å². The Morgan fingerprint density at radius 2 is 1.86 bits per heavy atom. The molecule has 1 aliphatic heterocycles. The summed E-state index contributed by atoms with van der Waals surface area (Å²) in [5.41, 5.74) is 1.26. The molecular formula is C18H27ClN2. The Bertz CT molecular complexity index is 454. The first-order chi connectivity index (χ1) is 10.2. The molecule has 0 bridgehead atoms. The first-order valence-electron chi connectivity index (χ1n) is 8.42. The predicted molar refractivity (Wildman–Crippen MR) is 89.7 cm³/mol. The van der Waals surface area contributed by atoms with E-state index in [-0.39, 0.29) is 0 Å². The molecule has 2 aliphatic rings. The van der Waals surface area contributed by atoms with Crippen molar-refractivity contribution < 1.29 is 0 Å². The van der Waals surface area contributed by atoms with Crippen molar-refractivity contribution in [2.24, 2.45) is 5.92 Å². The summed E-state index contributed by atoms with van der Waals surface area (Å²) >= 11 is 6.27. The minimum Gasteiger partial charge on any atom is -0.298 e. The van der Waals surface area contributed by atoms with E-state index in [0.717, 1.165) is 23.5 Å². The molecule has 1 saturated carbocycles. The van der Waals surface area contributed by atoms with Gasteiger partial charge >= 0.3 is 0 Å². The van der Waals surface area contributed by atoms with Gasteiger partial charge < -0.3 is 0 Å². The van der Waals surface area contributed by atoms with Crippen LogP contribution in [0.5, 0.6) is 0 Å². The van der Waals surface area contributed by atoms with Gasteiger partial charge in [-0.15, -0.1) is 0 Å². The zero-order valence-corrected chi connectivity index (χ0v) is 13.9. The van der Waals surface area contributed by atoms with E-state index < -0.39 is 0 Å². The molecule has 3 rings (SSSR count). The highest BCUT2D eigenvalue weighted by Crippen LogP contribution is 2.28. The van der Waals surface area contributed by atoms with Crippen LogP contribution in [0, 0.1) is 5.92 Å². The van der Waals surface area contributed by atoms with Crippen LogP contribution in [-0.2, 0) is 6.54 Å². The van der Waals surface area contributed by atoms with E-state index in [1.54, 1.807) is 0 Å². The fraction of sp³-hybridized carbons (Fsp3) is 0.667. The van der Waals surface area contributed by atoms with E-state index in [1.807, 2.05) is 12.1 Å². The van der Waals surface area contributed by atoms with Crippen LogP contribution < -0.4 is 0 Å². The molecule has 1 heterocycles. The summed E-state index contributed by atoms with van der Waals surface area (Å²) in [6.07, 6.45) is 5.67. The highest BCUT2D eigenvalue weighted by molar-refractivity contribution is 6.31. The van der Waals surface area contributed by atoms with Crippen molar-refractivity contribution in [3.8, 4) is 0 Å². The fourth-order valence-electron chi connectivity index (χ4n) is 3.89. The second kappa shape index (κ2) is 7.13. The Labute approximate surface area is 134 Å². The third-order valence-electron chi connectivity index (χ3n) is 5.18. The van der Waals surface area contributed by atoms with Gasteiger partial charge in [-0.1, -0.05) is 49.6 Å². The Kier molecular flexibility index (Phi) is 5.20. The van der Waals surface area contributed by atoms with Gasteiger partial charge in [0.25, 0.3) is 0 Å². The number of hydrogen-bond acceptors (Lipinski definition) is 2. The molecular weight excluding hydrogens is 280 g/mol. The summed E-state index contributed by atoms with van der Waals surface area (Å²) < 4.78 is 0. The van der Waals surface area contributed by atoms with Crippen molar-refractivity contribution in [3.05, 3.63) is 34.9 Å². The maximum Gasteiger partial charge on any atom is 0.0451 e. The lowest BCUT2D eigenvalue weighted by molar-refractivity contribution is 0.0659. The molecule has 0 spiro atoms. The second-order valence-electron chi connectivity index (χ2n) is 6.83. The molecule has 0 unspecified atom stereocenters. The van der Waals surface area contributed by atoms with Crippen LogP contribution in [0.15, 0.2) is 24.3 Å². The fourth-order valence-corrected chi connectivity index (χ4v) is 4.08. The van der Waals surface area contributed by atoms with E-state index in [2.05, 4.69) is 28.9 Å². The van der Waals surface area contributed by atoms with E-state index in [0.29, 0.717) is 0 Å². The summed E-state index contributed by atoms with van der Waals surface area (Å²) in [6, 6.07) is 9.08. The van der Waals surface area contributed by atoms with Crippen LogP contribution in [0.4, 0.5) is 0 Å². The monoisotopic (exact) mass is 306 g/mol. The quantitative estimate of drug-likeness (QED) is 0.831. The van der Waals surface area contributed by atoms with Crippen molar-refractivity contribution in [2.75, 3.05) is 26.2 Å². The van der Waals surface area contributed by atoms with Crippen molar-refractivity contribution in [1.29, 1.82) is 0 Å². The Morgan fingerprint density at radius 3 is 2.57 bits per heavy atom. The topological polar surface area (TPSA) is 6.48 Å². The van der Waals surface area contributed by atoms with Crippen molar-refractivity contribution >= 4 is 11.6 Å². The zero-order valence-electron chi connectivity index (χ0n) is 13.1. The molecule has 2 fully saturated rings. The van der Waals surface area contributed by atoms with Crippen LogP contribution in [0.1, 0.15) is 38.2 Å². The molecule has 1 aromatic carbocycles. The van der Waals surface area contributed by atoms with Crippen LogP contribution in [-0.4, -0.2) is 42.0 Å². The minimum absolute atomic E-state index is 0.844. The lowest BCUT2D eigenvalue weighted by Crippen LogP contribution is -2.50. The standard InChI is InChI=1S/C18H27ClN2/c1-15-5-4-7-17(13-15)21-11-9-20(10-12-21)14-16-6-2-3-8-18(16)19/h2-3,6,8,15,17H,4-5,7,9-14H2,1H3/t15-,17-/m1/s1. The lowest BCUT2D eigenvalue weighted by atomic mass is 9.86. The smallest absolute Gasteiger partial charge is 0.0451 e. The van der Waals surface area contributed by atoms with Gasteiger partial charge in [-0.3, -0.25) is 9.80 Å². The Hall–Kier alpha value is -0.570. The Morgan fingerprint density at radius 1 is 1.10 bits per heavy atom. The summed E-state index contributed by atoms with van der Waals surface area (Å²) in [5, 5.41) is 0.904. The molecule has 0 aromatic heterocycles. The number of piperazine rings is 1. The summed E-state index contributed by atoms with van der Waals surface area (Å²) in [6.45, 7) is 8.21. The molecule has 0 radical (unpaired) electrons. The van der Waals surface area contributed by atoms with Gasteiger partial charge in [-0.25, -0.2) is 0 Å². The molecule has 0 amide bonds. The van der Waals surface area contributed by atoms with Gasteiger partial charge in [0.05, 0.1) is 0 Å². The van der Waals surface area contributed by atoms with Crippen LogP contribution in [0.25, 0.3) is 0 Å². The average Bonchev–Trinajstić information content (AvgIpc) is 2.50. The molecule has 2 nitrogen and oxygen atoms in total. The number of hydrogen-bond donors (Lipinski definition) is 0. The minimum atomic E-state index is 0.844. The highest BCUT2D eigenvalue weighted by Gasteiger charge is 2.27. The molecule has 116 valence electrons. The van der Waals surface area contributed by atoms with E-state index in [9.17, 15) is 0 Å². The number of halogens is 1. The van der Waals surface area contributed by atoms with E-state index in [4.69, 9.17) is 11.6 Å². The van der Waals surface area contributed by atoms with Crippen molar-refractivity contribution in [2.45, 2.75) is 45.2 Å². The summed E-state index contributed by atoms with van der Waals surface area (Å²) in [7, 11) is 0. The highest BCUT2D eigenvalue weighted by atomic mass is 35.5. The molecule has 3 heteroatoms. The summed E-state index contributed by atoms with van der Waals surface area (Å²) in [4.78, 5) is 5.28. The van der Waals surface area contributed by atoms with Gasteiger partial charge in [0.2, 0.25) is 0 Å². The van der Waals surface area contributed by atoms with Crippen LogP contribution in [0.3, 0.4) is 0 Å². The van der Waals surface area contributed by atoms with Crippen LogP contribution >= 0.6 is 11.6 Å². The SMILES string of the molecule is C[C@@H]1CCC[C@@H](N2CCN(Cc3ccccc3Cl)CC2)C1. The number of benzene rings is 1. The molecule has 21 heavy (non-hydrogen) atoms. The number of rotatable bonds is 3. The van der Waals surface area contributed by atoms with Gasteiger partial charge in [-0.2, -0.15) is 0 Å². The first-order valence-corrected chi connectivity index (χ1v) is 8.80. The third-order valence-corrected chi connectivity index (χ3v) is 5.55. The molecule has 1 aliphatic carbocycles. The maximum absolute atomic E-state index is 6.27. The molecule has 1 aromatic rings. The molecule has 0 N–H and O–H groups in total. The van der Waals surface area contributed by atoms with E-state index >= 15 is 0 Å². The lowest BCUT2D eigenvalue weighted by Gasteiger charge is -2.42. The van der Waals surface area contributed by atoms with Crippen molar-refractivity contribution in [1.82, 2.24) is 9.80 Å². The van der Waals surface area contributed by atoms with Crippen LogP contribution in [0.2, 0.25) is 5.02 Å². The third kappa shape index (κ3) is 4.00. The second-order valence-corrected chi connectivity index (χ2v) is 7.24. The first kappa shape index (κ1) is 15.3. The average molecular weight is 307 g/mol. The Balaban J connectivity index is 1.50. The maximum atomic E-state index is 6.27. The molecule has 1 saturated heterocycles. The number of nitrogens with zero attached hydrogens (tertiary/aromatic N) is 2. The zero-order chi connectivity index (χ0) is 14.7. The van der Waals surface area contributed by atoms with Gasteiger partial charge in [0.1, 0.15) is 0 Å². The normalized spacial score (nSPS) is 28.7. The summed E-state index contributed by atoms with van der Waals surface area (Å²) in [5.74, 6) is 0.921. The molecule has 2 atom stereocenters. The van der Waals surface area contributed by atoms with Gasteiger partial charge in [-0.05, 0) is 30.4 Å². The largest absolute Gasteiger partial charge is 0.298 e. The van der Waals surface area contributed by atoms with E-state index in [1.165, 1.54) is 57.4 Å². The van der Waals surface area contributed by atoms with Gasteiger partial charge in [0, 0.05) is 43.8 Å².